The zero-order valence-electron chi connectivity index (χ0n) is 16.6. The Hall–Kier alpha value is -2.63. The van der Waals surface area contributed by atoms with Crippen molar-refractivity contribution in [3.8, 4) is 11.3 Å². The van der Waals surface area contributed by atoms with Crippen LogP contribution in [0.2, 0.25) is 0 Å². The molecule has 0 saturated carbocycles. The first kappa shape index (κ1) is 19.1. The summed E-state index contributed by atoms with van der Waals surface area (Å²) in [5.41, 5.74) is 1.49. The normalized spacial score (nSPS) is 15.5. The highest BCUT2D eigenvalue weighted by atomic mass is 16.6. The van der Waals surface area contributed by atoms with Crippen molar-refractivity contribution in [1.29, 1.82) is 0 Å². The molecule has 1 fully saturated rings. The number of anilines is 1. The van der Waals surface area contributed by atoms with Gasteiger partial charge in [-0.1, -0.05) is 30.3 Å². The molecule has 0 N–H and O–H groups in total. The Morgan fingerprint density at radius 3 is 2.37 bits per heavy atom. The maximum Gasteiger partial charge on any atom is 0.410 e. The number of carbonyl (C=O) groups excluding carboxylic acids is 1. The Morgan fingerprint density at radius 1 is 1.11 bits per heavy atom. The second-order valence-electron chi connectivity index (χ2n) is 7.90. The Balaban J connectivity index is 1.68. The molecule has 1 amide bonds. The monoisotopic (exact) mass is 368 g/mol. The summed E-state index contributed by atoms with van der Waals surface area (Å²) in [4.78, 5) is 25.5. The largest absolute Gasteiger partial charge is 0.444 e. The number of rotatable bonds is 3. The van der Waals surface area contributed by atoms with Gasteiger partial charge in [0, 0.05) is 44.1 Å². The first-order valence-corrected chi connectivity index (χ1v) is 9.42. The summed E-state index contributed by atoms with van der Waals surface area (Å²) in [6.45, 7) is 7.33. The summed E-state index contributed by atoms with van der Waals surface area (Å²) >= 11 is 0. The zero-order valence-corrected chi connectivity index (χ0v) is 16.6. The third-order valence-corrected chi connectivity index (χ3v) is 4.72. The second-order valence-corrected chi connectivity index (χ2v) is 7.90. The summed E-state index contributed by atoms with van der Waals surface area (Å²) in [6.07, 6.45) is 4.96. The van der Waals surface area contributed by atoms with Gasteiger partial charge >= 0.3 is 6.09 Å². The van der Waals surface area contributed by atoms with Gasteiger partial charge in [-0.25, -0.2) is 9.78 Å². The van der Waals surface area contributed by atoms with Crippen LogP contribution in [0.1, 0.15) is 33.6 Å². The van der Waals surface area contributed by atoms with E-state index in [1.54, 1.807) is 17.3 Å². The highest BCUT2D eigenvalue weighted by Crippen LogP contribution is 2.29. The zero-order chi connectivity index (χ0) is 19.4. The average molecular weight is 368 g/mol. The molecule has 6 heteroatoms. The van der Waals surface area contributed by atoms with Gasteiger partial charge in [-0.2, -0.15) is 0 Å². The van der Waals surface area contributed by atoms with Crippen molar-refractivity contribution in [2.45, 2.75) is 45.3 Å². The van der Waals surface area contributed by atoms with E-state index < -0.39 is 5.60 Å². The van der Waals surface area contributed by atoms with E-state index in [1.807, 2.05) is 46.0 Å². The molecule has 2 aromatic rings. The molecular weight excluding hydrogens is 340 g/mol. The quantitative estimate of drug-likeness (QED) is 0.820. The van der Waals surface area contributed by atoms with E-state index in [9.17, 15) is 4.79 Å². The molecule has 0 aliphatic carbocycles. The van der Waals surface area contributed by atoms with Crippen LogP contribution in [0.3, 0.4) is 0 Å². The molecule has 0 spiro atoms. The lowest BCUT2D eigenvalue weighted by molar-refractivity contribution is 0.0201. The van der Waals surface area contributed by atoms with Gasteiger partial charge in [0.25, 0.3) is 0 Å². The lowest BCUT2D eigenvalue weighted by atomic mass is 10.0. The van der Waals surface area contributed by atoms with Crippen LogP contribution < -0.4 is 4.90 Å². The smallest absolute Gasteiger partial charge is 0.410 e. The van der Waals surface area contributed by atoms with Crippen LogP contribution in [0.25, 0.3) is 11.3 Å². The predicted octanol–water partition coefficient (Wildman–Crippen LogP) is 3.98. The number of aromatic nitrogens is 2. The number of benzene rings is 1. The topological polar surface area (TPSA) is 58.6 Å². The molecule has 0 bridgehead atoms. The van der Waals surface area contributed by atoms with E-state index in [1.165, 1.54) is 0 Å². The molecule has 1 aromatic carbocycles. The van der Waals surface area contributed by atoms with E-state index >= 15 is 0 Å². The lowest BCUT2D eigenvalue weighted by Gasteiger charge is -2.38. The molecule has 3 rings (SSSR count). The summed E-state index contributed by atoms with van der Waals surface area (Å²) in [5, 5.41) is 0. The summed E-state index contributed by atoms with van der Waals surface area (Å²) < 4.78 is 5.49. The fraction of sp³-hybridized carbons (Fsp3) is 0.476. The van der Waals surface area contributed by atoms with Crippen molar-refractivity contribution < 1.29 is 9.53 Å². The van der Waals surface area contributed by atoms with Gasteiger partial charge < -0.3 is 14.5 Å². The molecule has 1 aromatic heterocycles. The number of carbonyl (C=O) groups is 1. The van der Waals surface area contributed by atoms with Crippen molar-refractivity contribution >= 4 is 11.9 Å². The highest BCUT2D eigenvalue weighted by molar-refractivity contribution is 5.72. The van der Waals surface area contributed by atoms with Crippen LogP contribution in [0, 0.1) is 0 Å². The lowest BCUT2D eigenvalue weighted by Crippen LogP contribution is -2.47. The van der Waals surface area contributed by atoms with Gasteiger partial charge in [0.15, 0.2) is 5.82 Å². The minimum Gasteiger partial charge on any atom is -0.444 e. The van der Waals surface area contributed by atoms with Gasteiger partial charge in [-0.15, -0.1) is 0 Å². The maximum absolute atomic E-state index is 12.3. The Bertz CT molecular complexity index is 765. The van der Waals surface area contributed by atoms with E-state index in [2.05, 4.69) is 27.0 Å². The minimum atomic E-state index is -0.476. The molecule has 144 valence electrons. The van der Waals surface area contributed by atoms with Crippen LogP contribution in [0.5, 0.6) is 0 Å². The standard InChI is InChI=1S/C21H28N4O2/c1-21(2,3)27-20(26)24(4)17-10-14-25(15-11-17)19-18(22-12-13-23-19)16-8-6-5-7-9-16/h5-9,12-13,17H,10-11,14-15H2,1-4H3. The minimum absolute atomic E-state index is 0.174. The average Bonchev–Trinajstić information content (AvgIpc) is 2.67. The third-order valence-electron chi connectivity index (χ3n) is 4.72. The van der Waals surface area contributed by atoms with Crippen LogP contribution in [-0.4, -0.2) is 52.7 Å². The molecule has 1 aliphatic heterocycles. The fourth-order valence-electron chi connectivity index (χ4n) is 3.31. The third kappa shape index (κ3) is 4.76. The number of amides is 1. The van der Waals surface area contributed by atoms with Gasteiger partial charge in [-0.05, 0) is 33.6 Å². The van der Waals surface area contributed by atoms with Crippen LogP contribution >= 0.6 is 0 Å². The maximum atomic E-state index is 12.3. The summed E-state index contributed by atoms with van der Waals surface area (Å²) in [5.74, 6) is 0.905. The van der Waals surface area contributed by atoms with Crippen molar-refractivity contribution in [2.24, 2.45) is 0 Å². The number of piperidine rings is 1. The van der Waals surface area contributed by atoms with Crippen molar-refractivity contribution in [3.05, 3.63) is 42.7 Å². The first-order chi connectivity index (χ1) is 12.8. The Kier molecular flexibility index (Phi) is 5.63. The highest BCUT2D eigenvalue weighted by Gasteiger charge is 2.29. The molecule has 1 saturated heterocycles. The number of hydrogen-bond donors (Lipinski definition) is 0. The Labute approximate surface area is 161 Å². The van der Waals surface area contributed by atoms with E-state index in [0.717, 1.165) is 43.0 Å². The molecule has 6 nitrogen and oxygen atoms in total. The van der Waals surface area contributed by atoms with Gasteiger partial charge in [0.1, 0.15) is 11.3 Å². The predicted molar refractivity (Wildman–Crippen MR) is 107 cm³/mol. The van der Waals surface area contributed by atoms with Crippen LogP contribution in [-0.2, 0) is 4.74 Å². The van der Waals surface area contributed by atoms with Crippen LogP contribution in [0.4, 0.5) is 10.6 Å². The van der Waals surface area contributed by atoms with Crippen LogP contribution in [0.15, 0.2) is 42.7 Å². The van der Waals surface area contributed by atoms with E-state index in [4.69, 9.17) is 4.74 Å². The fourth-order valence-corrected chi connectivity index (χ4v) is 3.31. The molecule has 27 heavy (non-hydrogen) atoms. The van der Waals surface area contributed by atoms with E-state index in [-0.39, 0.29) is 12.1 Å². The second kappa shape index (κ2) is 7.94. The molecule has 0 unspecified atom stereocenters. The molecule has 2 heterocycles. The van der Waals surface area contributed by atoms with Gasteiger partial charge in [0.2, 0.25) is 0 Å². The molecule has 1 aliphatic rings. The van der Waals surface area contributed by atoms with Crippen molar-refractivity contribution in [1.82, 2.24) is 14.9 Å². The van der Waals surface area contributed by atoms with Crippen molar-refractivity contribution in [2.75, 3.05) is 25.0 Å². The molecule has 0 radical (unpaired) electrons. The molecular formula is C21H28N4O2. The molecule has 0 atom stereocenters. The number of ether oxygens (including phenoxy) is 1. The van der Waals surface area contributed by atoms with Crippen molar-refractivity contribution in [3.63, 3.8) is 0 Å². The number of hydrogen-bond acceptors (Lipinski definition) is 5. The summed E-state index contributed by atoms with van der Waals surface area (Å²) in [7, 11) is 1.83. The van der Waals surface area contributed by atoms with E-state index in [0.29, 0.717) is 0 Å². The first-order valence-electron chi connectivity index (χ1n) is 9.42. The van der Waals surface area contributed by atoms with Gasteiger partial charge in [0.05, 0.1) is 0 Å². The van der Waals surface area contributed by atoms with Gasteiger partial charge in [-0.3, -0.25) is 4.98 Å². The summed E-state index contributed by atoms with van der Waals surface area (Å²) in [6, 6.07) is 10.3. The number of nitrogens with zero attached hydrogens (tertiary/aromatic N) is 4. The Morgan fingerprint density at radius 2 is 1.74 bits per heavy atom. The SMILES string of the molecule is CN(C(=O)OC(C)(C)C)C1CCN(c2nccnc2-c2ccccc2)CC1.